The number of aromatic hydroxyl groups is 1. The van der Waals surface area contributed by atoms with E-state index in [0.717, 1.165) is 16.2 Å². The summed E-state index contributed by atoms with van der Waals surface area (Å²) in [6, 6.07) is 5.54. The van der Waals surface area contributed by atoms with Gasteiger partial charge in [0.1, 0.15) is 10.8 Å². The van der Waals surface area contributed by atoms with Gasteiger partial charge in [0.2, 0.25) is 0 Å². The number of anilines is 1. The molecule has 0 saturated carbocycles. The van der Waals surface area contributed by atoms with E-state index in [4.69, 9.17) is 16.7 Å². The molecule has 104 valence electrons. The number of carboxylic acids is 1. The van der Waals surface area contributed by atoms with Crippen LogP contribution in [0.1, 0.15) is 25.6 Å². The van der Waals surface area contributed by atoms with Gasteiger partial charge in [-0.1, -0.05) is 11.6 Å². The minimum absolute atomic E-state index is 0.0140. The molecule has 0 saturated heterocycles. The molecule has 7 heteroatoms. The van der Waals surface area contributed by atoms with E-state index in [1.54, 1.807) is 6.92 Å². The molecule has 20 heavy (non-hydrogen) atoms. The Morgan fingerprint density at radius 2 is 1.95 bits per heavy atom. The van der Waals surface area contributed by atoms with E-state index >= 15 is 0 Å². The summed E-state index contributed by atoms with van der Waals surface area (Å²) in [5.41, 5.74) is 0.00209. The third-order valence-electron chi connectivity index (χ3n) is 2.52. The van der Waals surface area contributed by atoms with Gasteiger partial charge in [-0.2, -0.15) is 0 Å². The molecular weight excluding hydrogens is 302 g/mol. The van der Waals surface area contributed by atoms with Crippen molar-refractivity contribution in [2.75, 3.05) is 5.32 Å². The van der Waals surface area contributed by atoms with Crippen molar-refractivity contribution in [3.05, 3.63) is 45.3 Å². The number of halogens is 1. The van der Waals surface area contributed by atoms with Gasteiger partial charge in [0, 0.05) is 9.90 Å². The number of hydrogen-bond acceptors (Lipinski definition) is 4. The first kappa shape index (κ1) is 14.4. The third-order valence-corrected chi connectivity index (χ3v) is 3.72. The van der Waals surface area contributed by atoms with Gasteiger partial charge < -0.3 is 15.5 Å². The van der Waals surface area contributed by atoms with Crippen LogP contribution < -0.4 is 5.32 Å². The molecule has 0 fully saturated rings. The van der Waals surface area contributed by atoms with Gasteiger partial charge in [0.05, 0.1) is 11.1 Å². The number of rotatable bonds is 3. The second-order valence-corrected chi connectivity index (χ2v) is 5.71. The summed E-state index contributed by atoms with van der Waals surface area (Å²) in [6.07, 6.45) is 0. The number of nitrogens with one attached hydrogen (secondary N) is 1. The normalized spacial score (nSPS) is 10.3. The molecule has 2 rings (SSSR count). The number of phenolic OH excluding ortho intramolecular Hbond substituents is 1. The summed E-state index contributed by atoms with van der Waals surface area (Å²) in [6.45, 7) is 1.74. The maximum absolute atomic E-state index is 12.1. The Morgan fingerprint density at radius 3 is 2.60 bits per heavy atom. The van der Waals surface area contributed by atoms with Crippen LogP contribution in [0, 0.1) is 6.92 Å². The zero-order chi connectivity index (χ0) is 14.9. The molecule has 0 aliphatic carbocycles. The fraction of sp³-hybridized carbons (Fsp3) is 0.0769. The van der Waals surface area contributed by atoms with Crippen LogP contribution >= 0.6 is 22.9 Å². The summed E-state index contributed by atoms with van der Waals surface area (Å²) in [5.74, 6) is -1.97. The fourth-order valence-electron chi connectivity index (χ4n) is 1.63. The number of benzene rings is 1. The van der Waals surface area contributed by atoms with Crippen LogP contribution in [0.3, 0.4) is 0 Å². The minimum Gasteiger partial charge on any atom is -0.507 e. The van der Waals surface area contributed by atoms with Gasteiger partial charge in [-0.15, -0.1) is 11.3 Å². The predicted octanol–water partition coefficient (Wildman–Crippen LogP) is 3.37. The molecular formula is C13H10ClNO4S. The Labute approximate surface area is 123 Å². The number of carbonyl (C=O) groups is 2. The number of carboxylic acid groups (broad SMARTS) is 1. The first-order valence-corrected chi connectivity index (χ1v) is 6.71. The SMILES string of the molecule is Cc1cc(C(=O)O)c(NC(=O)c2cc(Cl)ccc2O)s1. The van der Waals surface area contributed by atoms with Crippen molar-refractivity contribution in [2.45, 2.75) is 6.92 Å². The smallest absolute Gasteiger partial charge is 0.338 e. The van der Waals surface area contributed by atoms with Crippen LogP contribution in [-0.4, -0.2) is 22.1 Å². The Kier molecular flexibility index (Phi) is 3.96. The molecule has 5 nitrogen and oxygen atoms in total. The highest BCUT2D eigenvalue weighted by Gasteiger charge is 2.18. The Balaban J connectivity index is 2.32. The maximum atomic E-state index is 12.1. The lowest BCUT2D eigenvalue weighted by Crippen LogP contribution is -2.13. The molecule has 0 aliphatic heterocycles. The zero-order valence-corrected chi connectivity index (χ0v) is 11.9. The largest absolute Gasteiger partial charge is 0.507 e. The predicted molar refractivity (Wildman–Crippen MR) is 77.1 cm³/mol. The molecule has 1 amide bonds. The van der Waals surface area contributed by atoms with E-state index in [2.05, 4.69) is 5.32 Å². The van der Waals surface area contributed by atoms with E-state index in [0.29, 0.717) is 5.02 Å². The first-order valence-electron chi connectivity index (χ1n) is 5.52. The molecule has 0 unspecified atom stereocenters. The van der Waals surface area contributed by atoms with Gasteiger partial charge in [-0.05, 0) is 31.2 Å². The minimum atomic E-state index is -1.13. The Bertz CT molecular complexity index is 696. The van der Waals surface area contributed by atoms with Crippen molar-refractivity contribution < 1.29 is 19.8 Å². The molecule has 3 N–H and O–H groups in total. The van der Waals surface area contributed by atoms with Crippen molar-refractivity contribution in [3.8, 4) is 5.75 Å². The maximum Gasteiger partial charge on any atom is 0.338 e. The van der Waals surface area contributed by atoms with Crippen molar-refractivity contribution in [3.63, 3.8) is 0 Å². The molecule has 0 bridgehead atoms. The van der Waals surface area contributed by atoms with E-state index in [-0.39, 0.29) is 21.9 Å². The quantitative estimate of drug-likeness (QED) is 0.811. The Morgan fingerprint density at radius 1 is 1.25 bits per heavy atom. The summed E-state index contributed by atoms with van der Waals surface area (Å²) in [4.78, 5) is 23.9. The van der Waals surface area contributed by atoms with Crippen molar-refractivity contribution >= 4 is 39.8 Å². The second kappa shape index (κ2) is 5.52. The molecule has 0 aliphatic rings. The highest BCUT2D eigenvalue weighted by atomic mass is 35.5. The summed E-state index contributed by atoms with van der Waals surface area (Å²) >= 11 is 6.92. The van der Waals surface area contributed by atoms with Crippen molar-refractivity contribution in [1.82, 2.24) is 0 Å². The number of carbonyl (C=O) groups excluding carboxylic acids is 1. The average molecular weight is 312 g/mol. The van der Waals surface area contributed by atoms with Gasteiger partial charge in [-0.3, -0.25) is 4.79 Å². The zero-order valence-electron chi connectivity index (χ0n) is 10.3. The number of hydrogen-bond donors (Lipinski definition) is 3. The molecule has 0 radical (unpaired) electrons. The first-order chi connectivity index (χ1) is 9.38. The number of aryl methyl sites for hydroxylation is 1. The molecule has 0 spiro atoms. The standard InChI is InChI=1S/C13H10ClNO4S/c1-6-4-9(13(18)19)12(20-6)15-11(17)8-5-7(14)2-3-10(8)16/h2-5,16H,1H3,(H,15,17)(H,18,19). The van der Waals surface area contributed by atoms with Crippen LogP contribution in [-0.2, 0) is 0 Å². The molecule has 1 heterocycles. The van der Waals surface area contributed by atoms with E-state index < -0.39 is 11.9 Å². The lowest BCUT2D eigenvalue weighted by molar-refractivity contribution is 0.0698. The molecule has 2 aromatic rings. The summed E-state index contributed by atoms with van der Waals surface area (Å²) in [5, 5.41) is 21.7. The lowest BCUT2D eigenvalue weighted by atomic mass is 10.2. The van der Waals surface area contributed by atoms with E-state index in [1.807, 2.05) is 0 Å². The van der Waals surface area contributed by atoms with Gasteiger partial charge in [0.15, 0.2) is 0 Å². The number of thiophene rings is 1. The van der Waals surface area contributed by atoms with Gasteiger partial charge >= 0.3 is 5.97 Å². The highest BCUT2D eigenvalue weighted by molar-refractivity contribution is 7.16. The summed E-state index contributed by atoms with van der Waals surface area (Å²) < 4.78 is 0. The topological polar surface area (TPSA) is 86.6 Å². The number of phenols is 1. The van der Waals surface area contributed by atoms with Crippen LogP contribution in [0.25, 0.3) is 0 Å². The summed E-state index contributed by atoms with van der Waals surface area (Å²) in [7, 11) is 0. The Hall–Kier alpha value is -2.05. The third kappa shape index (κ3) is 2.92. The molecule has 1 aromatic carbocycles. The van der Waals surface area contributed by atoms with Gasteiger partial charge in [-0.25, -0.2) is 4.79 Å². The molecule has 0 atom stereocenters. The molecule has 1 aromatic heterocycles. The van der Waals surface area contributed by atoms with E-state index in [9.17, 15) is 14.7 Å². The fourth-order valence-corrected chi connectivity index (χ4v) is 2.70. The number of aromatic carboxylic acids is 1. The van der Waals surface area contributed by atoms with Crippen molar-refractivity contribution in [2.24, 2.45) is 0 Å². The monoisotopic (exact) mass is 311 g/mol. The van der Waals surface area contributed by atoms with Crippen LogP contribution in [0.4, 0.5) is 5.00 Å². The second-order valence-electron chi connectivity index (χ2n) is 4.02. The average Bonchev–Trinajstić information content (AvgIpc) is 2.73. The highest BCUT2D eigenvalue weighted by Crippen LogP contribution is 2.29. The lowest BCUT2D eigenvalue weighted by Gasteiger charge is -2.06. The van der Waals surface area contributed by atoms with Gasteiger partial charge in [0.25, 0.3) is 5.91 Å². The van der Waals surface area contributed by atoms with E-state index in [1.165, 1.54) is 24.3 Å². The van der Waals surface area contributed by atoms with Crippen LogP contribution in [0.5, 0.6) is 5.75 Å². The van der Waals surface area contributed by atoms with Crippen LogP contribution in [0.2, 0.25) is 5.02 Å². The van der Waals surface area contributed by atoms with Crippen LogP contribution in [0.15, 0.2) is 24.3 Å². The number of amides is 1. The van der Waals surface area contributed by atoms with Crippen molar-refractivity contribution in [1.29, 1.82) is 0 Å².